The number of likely N-dealkylation sites (tertiary alicyclic amines) is 1. The molecule has 1 aliphatic heterocycles. The number of aromatic nitrogens is 4. The minimum Gasteiger partial charge on any atom is -0.324 e. The molecule has 3 aromatic heterocycles. The topological polar surface area (TPSA) is 83.9 Å². The maximum Gasteiger partial charge on any atom is 0.321 e. The van der Waals surface area contributed by atoms with E-state index in [2.05, 4.69) is 32.4 Å². The van der Waals surface area contributed by atoms with Crippen LogP contribution in [-0.4, -0.2) is 44.0 Å². The molecule has 2 amide bonds. The summed E-state index contributed by atoms with van der Waals surface area (Å²) < 4.78 is 0. The van der Waals surface area contributed by atoms with Crippen LogP contribution in [-0.2, 0) is 0 Å². The Kier molecular flexibility index (Phi) is 4.35. The maximum absolute atomic E-state index is 12.6. The lowest BCUT2D eigenvalue weighted by Crippen LogP contribution is -2.40. The highest BCUT2D eigenvalue weighted by molar-refractivity contribution is 5.89. The third-order valence-corrected chi connectivity index (χ3v) is 5.55. The number of fused-ring (bicyclic) bond motifs is 1. The number of carbonyl (C=O) groups is 1. The Morgan fingerprint density at radius 2 is 1.75 bits per heavy atom. The van der Waals surface area contributed by atoms with Crippen molar-refractivity contribution in [1.82, 2.24) is 24.8 Å². The summed E-state index contributed by atoms with van der Waals surface area (Å²) >= 11 is 0. The fourth-order valence-corrected chi connectivity index (χ4v) is 3.73. The van der Waals surface area contributed by atoms with Gasteiger partial charge >= 0.3 is 6.03 Å². The second-order valence-corrected chi connectivity index (χ2v) is 7.58. The Labute approximate surface area is 163 Å². The van der Waals surface area contributed by atoms with Crippen LogP contribution in [0.4, 0.5) is 10.5 Å². The Morgan fingerprint density at radius 1 is 0.964 bits per heavy atom. The number of rotatable bonds is 3. The molecule has 0 radical (unpaired) electrons. The summed E-state index contributed by atoms with van der Waals surface area (Å²) in [6.07, 6.45) is 9.32. The fraction of sp³-hybridized carbons (Fsp3) is 0.381. The number of carbonyl (C=O) groups excluding carboxylic acids is 1. The summed E-state index contributed by atoms with van der Waals surface area (Å²) in [6, 6.07) is 8.02. The average Bonchev–Trinajstić information content (AvgIpc) is 3.59. The molecule has 7 nitrogen and oxygen atoms in total. The molecule has 3 aromatic rings. The Balaban J connectivity index is 1.19. The molecule has 5 rings (SSSR count). The van der Waals surface area contributed by atoms with Gasteiger partial charge in [0.05, 0.1) is 18.1 Å². The van der Waals surface area contributed by atoms with Gasteiger partial charge in [-0.3, -0.25) is 0 Å². The van der Waals surface area contributed by atoms with Gasteiger partial charge in [-0.05, 0) is 49.9 Å². The van der Waals surface area contributed by atoms with Crippen molar-refractivity contribution >= 4 is 22.8 Å². The van der Waals surface area contributed by atoms with E-state index in [4.69, 9.17) is 4.98 Å². The van der Waals surface area contributed by atoms with Gasteiger partial charge in [-0.25, -0.2) is 24.7 Å². The third-order valence-electron chi connectivity index (χ3n) is 5.55. The van der Waals surface area contributed by atoms with Gasteiger partial charge in [0.1, 0.15) is 5.82 Å². The molecule has 0 unspecified atom stereocenters. The van der Waals surface area contributed by atoms with E-state index in [0.717, 1.165) is 35.4 Å². The number of pyridine rings is 2. The van der Waals surface area contributed by atoms with Gasteiger partial charge in [0, 0.05) is 42.2 Å². The first-order valence-corrected chi connectivity index (χ1v) is 9.86. The summed E-state index contributed by atoms with van der Waals surface area (Å²) in [5.74, 6) is 1.76. The third kappa shape index (κ3) is 3.52. The molecule has 0 bridgehead atoms. The SMILES string of the molecule is O=C(Nc1cnc(C2CC2)nc1)N1CCC(c2ccc3cccnc3n2)CC1. The number of nitrogens with zero attached hydrogens (tertiary/aromatic N) is 5. The molecule has 2 aliphatic rings. The van der Waals surface area contributed by atoms with E-state index in [0.29, 0.717) is 30.6 Å². The van der Waals surface area contributed by atoms with Crippen LogP contribution in [0, 0.1) is 0 Å². The second kappa shape index (κ2) is 7.14. The van der Waals surface area contributed by atoms with E-state index in [1.54, 1.807) is 18.6 Å². The van der Waals surface area contributed by atoms with E-state index < -0.39 is 0 Å². The van der Waals surface area contributed by atoms with Gasteiger partial charge in [-0.1, -0.05) is 0 Å². The van der Waals surface area contributed by atoms with Crippen molar-refractivity contribution in [3.05, 3.63) is 54.4 Å². The van der Waals surface area contributed by atoms with Crippen LogP contribution in [0.5, 0.6) is 0 Å². The molecule has 1 saturated heterocycles. The van der Waals surface area contributed by atoms with Crippen LogP contribution in [0.1, 0.15) is 49.0 Å². The molecule has 28 heavy (non-hydrogen) atoms. The summed E-state index contributed by atoms with van der Waals surface area (Å²) in [6.45, 7) is 1.42. The molecule has 0 atom stereocenters. The van der Waals surface area contributed by atoms with Crippen molar-refractivity contribution in [3.8, 4) is 0 Å². The zero-order valence-corrected chi connectivity index (χ0v) is 15.6. The largest absolute Gasteiger partial charge is 0.324 e. The van der Waals surface area contributed by atoms with E-state index >= 15 is 0 Å². The van der Waals surface area contributed by atoms with E-state index in [1.807, 2.05) is 17.0 Å². The van der Waals surface area contributed by atoms with Crippen LogP contribution in [0.15, 0.2) is 42.9 Å². The number of hydrogen-bond donors (Lipinski definition) is 1. The van der Waals surface area contributed by atoms with Gasteiger partial charge in [-0.15, -0.1) is 0 Å². The number of nitrogens with one attached hydrogen (secondary N) is 1. The maximum atomic E-state index is 12.6. The number of anilines is 1. The summed E-state index contributed by atoms with van der Waals surface area (Å²) in [5.41, 5.74) is 2.50. The first-order valence-electron chi connectivity index (χ1n) is 9.86. The molecular formula is C21H22N6O. The van der Waals surface area contributed by atoms with Crippen molar-refractivity contribution in [2.45, 2.75) is 37.5 Å². The zero-order chi connectivity index (χ0) is 18.9. The highest BCUT2D eigenvalue weighted by Gasteiger charge is 2.27. The lowest BCUT2D eigenvalue weighted by atomic mass is 9.93. The predicted octanol–water partition coefficient (Wildman–Crippen LogP) is 3.71. The zero-order valence-electron chi connectivity index (χ0n) is 15.6. The summed E-state index contributed by atoms with van der Waals surface area (Å²) in [7, 11) is 0. The monoisotopic (exact) mass is 374 g/mol. The Morgan fingerprint density at radius 3 is 2.50 bits per heavy atom. The van der Waals surface area contributed by atoms with Gasteiger partial charge < -0.3 is 10.2 Å². The van der Waals surface area contributed by atoms with Gasteiger partial charge in [0.15, 0.2) is 5.65 Å². The van der Waals surface area contributed by atoms with E-state index in [-0.39, 0.29) is 6.03 Å². The van der Waals surface area contributed by atoms with Gasteiger partial charge in [-0.2, -0.15) is 0 Å². The smallest absolute Gasteiger partial charge is 0.321 e. The van der Waals surface area contributed by atoms with Crippen LogP contribution in [0.3, 0.4) is 0 Å². The number of amides is 2. The molecule has 1 aliphatic carbocycles. The Hall–Kier alpha value is -3.09. The average molecular weight is 374 g/mol. The molecule has 2 fully saturated rings. The fourth-order valence-electron chi connectivity index (χ4n) is 3.73. The lowest BCUT2D eigenvalue weighted by Gasteiger charge is -2.31. The van der Waals surface area contributed by atoms with Crippen molar-refractivity contribution < 1.29 is 4.79 Å². The number of piperidine rings is 1. The highest BCUT2D eigenvalue weighted by Crippen LogP contribution is 2.37. The van der Waals surface area contributed by atoms with Crippen molar-refractivity contribution in [3.63, 3.8) is 0 Å². The molecule has 142 valence electrons. The van der Waals surface area contributed by atoms with Gasteiger partial charge in [0.2, 0.25) is 0 Å². The quantitative estimate of drug-likeness (QED) is 0.755. The molecule has 1 N–H and O–H groups in total. The van der Waals surface area contributed by atoms with Crippen molar-refractivity contribution in [2.75, 3.05) is 18.4 Å². The predicted molar refractivity (Wildman–Crippen MR) is 106 cm³/mol. The Bertz CT molecular complexity index is 993. The van der Waals surface area contributed by atoms with Crippen molar-refractivity contribution in [2.24, 2.45) is 0 Å². The first kappa shape index (κ1) is 17.0. The van der Waals surface area contributed by atoms with Gasteiger partial charge in [0.25, 0.3) is 0 Å². The van der Waals surface area contributed by atoms with Crippen molar-refractivity contribution in [1.29, 1.82) is 0 Å². The molecule has 0 aromatic carbocycles. The van der Waals surface area contributed by atoms with E-state index in [1.165, 1.54) is 12.8 Å². The second-order valence-electron chi connectivity index (χ2n) is 7.58. The summed E-state index contributed by atoms with van der Waals surface area (Å²) in [5, 5.41) is 3.97. The lowest BCUT2D eigenvalue weighted by molar-refractivity contribution is 0.194. The first-order chi connectivity index (χ1) is 13.8. The molecule has 7 heteroatoms. The number of hydrogen-bond acceptors (Lipinski definition) is 5. The number of urea groups is 1. The minimum atomic E-state index is -0.0886. The van der Waals surface area contributed by atoms with Crippen LogP contribution < -0.4 is 5.32 Å². The van der Waals surface area contributed by atoms with E-state index in [9.17, 15) is 4.79 Å². The van der Waals surface area contributed by atoms with Crippen LogP contribution >= 0.6 is 0 Å². The van der Waals surface area contributed by atoms with Crippen LogP contribution in [0.25, 0.3) is 11.0 Å². The molecular weight excluding hydrogens is 352 g/mol. The normalized spacial score (nSPS) is 17.6. The molecule has 4 heterocycles. The molecule has 0 spiro atoms. The van der Waals surface area contributed by atoms with Crippen LogP contribution in [0.2, 0.25) is 0 Å². The highest BCUT2D eigenvalue weighted by atomic mass is 16.2. The molecule has 1 saturated carbocycles. The minimum absolute atomic E-state index is 0.0886. The summed E-state index contributed by atoms with van der Waals surface area (Å²) in [4.78, 5) is 32.2. The standard InChI is InChI=1S/C21H22N6O/c28-21(25-17-12-23-19(24-13-17)16-3-4-16)27-10-7-14(8-11-27)18-6-5-15-2-1-9-22-20(15)26-18/h1-2,5-6,9,12-14,16H,3-4,7-8,10-11H2,(H,25,28).